The molecule has 0 rings (SSSR count). The van der Waals surface area contributed by atoms with Gasteiger partial charge in [-0.1, -0.05) is 12.7 Å². The van der Waals surface area contributed by atoms with Crippen molar-refractivity contribution in [2.45, 2.75) is 6.92 Å². The molecule has 0 amide bonds. The van der Waals surface area contributed by atoms with Crippen LogP contribution in [0.3, 0.4) is 0 Å². The summed E-state index contributed by atoms with van der Waals surface area (Å²) in [6.45, 7) is 4.97. The maximum atomic E-state index is 10.9. The number of hydrogen-bond acceptors (Lipinski definition) is 3. The van der Waals surface area contributed by atoms with Crippen LogP contribution in [0.1, 0.15) is 6.92 Å². The standard InChI is InChI=1S/C7H11NO2S/c1-4-7(6-8-5-2)11(3,9)10/h4-6H,2H2,1,3H3/b7-4+,8-6?. The largest absolute Gasteiger partial charge is 0.264 e. The van der Waals surface area contributed by atoms with Gasteiger partial charge < -0.3 is 0 Å². The third kappa shape index (κ3) is 3.72. The first kappa shape index (κ1) is 10.1. The summed E-state index contributed by atoms with van der Waals surface area (Å²) < 4.78 is 21.7. The fourth-order valence-corrected chi connectivity index (χ4v) is 1.19. The number of allylic oxidation sites excluding steroid dienone is 2. The Balaban J connectivity index is 4.74. The number of nitrogens with zero attached hydrogens (tertiary/aromatic N) is 1. The third-order valence-electron chi connectivity index (χ3n) is 1.02. The Bertz CT molecular complexity index is 286. The van der Waals surface area contributed by atoms with E-state index in [4.69, 9.17) is 0 Å². The van der Waals surface area contributed by atoms with E-state index < -0.39 is 9.84 Å². The smallest absolute Gasteiger partial charge is 0.176 e. The van der Waals surface area contributed by atoms with Gasteiger partial charge in [-0.15, -0.1) is 0 Å². The molecule has 0 radical (unpaired) electrons. The van der Waals surface area contributed by atoms with Crippen molar-refractivity contribution >= 4 is 16.1 Å². The third-order valence-corrected chi connectivity index (χ3v) is 2.22. The second-order valence-corrected chi connectivity index (χ2v) is 3.94. The zero-order valence-electron chi connectivity index (χ0n) is 6.61. The monoisotopic (exact) mass is 173 g/mol. The van der Waals surface area contributed by atoms with Gasteiger partial charge in [0.15, 0.2) is 9.84 Å². The van der Waals surface area contributed by atoms with Gasteiger partial charge in [0, 0.05) is 18.7 Å². The number of rotatable bonds is 3. The summed E-state index contributed by atoms with van der Waals surface area (Å²) in [7, 11) is -3.12. The van der Waals surface area contributed by atoms with E-state index in [-0.39, 0.29) is 4.91 Å². The van der Waals surface area contributed by atoms with Gasteiger partial charge in [-0.3, -0.25) is 4.99 Å². The zero-order valence-corrected chi connectivity index (χ0v) is 7.43. The maximum Gasteiger partial charge on any atom is 0.176 e. The first-order valence-corrected chi connectivity index (χ1v) is 4.92. The molecule has 0 fully saturated rings. The van der Waals surface area contributed by atoms with Crippen LogP contribution in [0.15, 0.2) is 28.8 Å². The first-order valence-electron chi connectivity index (χ1n) is 3.03. The lowest BCUT2D eigenvalue weighted by Crippen LogP contribution is -2.01. The molecule has 0 bridgehead atoms. The van der Waals surface area contributed by atoms with Crippen molar-refractivity contribution in [2.75, 3.05) is 6.26 Å². The molecule has 0 aliphatic carbocycles. The molecule has 0 aromatic carbocycles. The van der Waals surface area contributed by atoms with Gasteiger partial charge in [0.25, 0.3) is 0 Å². The predicted octanol–water partition coefficient (Wildman–Crippen LogP) is 1.15. The van der Waals surface area contributed by atoms with Crippen molar-refractivity contribution in [2.24, 2.45) is 4.99 Å². The molecule has 0 heterocycles. The fourth-order valence-electron chi connectivity index (χ4n) is 0.511. The van der Waals surface area contributed by atoms with Crippen molar-refractivity contribution in [1.29, 1.82) is 0 Å². The average molecular weight is 173 g/mol. The molecule has 0 aromatic heterocycles. The van der Waals surface area contributed by atoms with E-state index in [9.17, 15) is 8.42 Å². The Labute approximate surface area is 67.1 Å². The molecule has 0 atom stereocenters. The highest BCUT2D eigenvalue weighted by Crippen LogP contribution is 1.99. The summed E-state index contributed by atoms with van der Waals surface area (Å²) in [5, 5.41) is 0. The molecule has 62 valence electrons. The number of aliphatic imine (C=N–C) groups is 1. The second kappa shape index (κ2) is 4.08. The van der Waals surface area contributed by atoms with Crippen molar-refractivity contribution in [3.63, 3.8) is 0 Å². The van der Waals surface area contributed by atoms with Crippen LogP contribution in [0.4, 0.5) is 0 Å². The van der Waals surface area contributed by atoms with Crippen molar-refractivity contribution in [3.8, 4) is 0 Å². The predicted molar refractivity (Wildman–Crippen MR) is 47.3 cm³/mol. The van der Waals surface area contributed by atoms with E-state index in [2.05, 4.69) is 11.6 Å². The molecular weight excluding hydrogens is 162 g/mol. The van der Waals surface area contributed by atoms with E-state index in [1.165, 1.54) is 18.5 Å². The van der Waals surface area contributed by atoms with Crippen LogP contribution in [-0.2, 0) is 9.84 Å². The second-order valence-electron chi connectivity index (χ2n) is 1.92. The zero-order chi connectivity index (χ0) is 8.91. The molecule has 0 saturated heterocycles. The molecule has 11 heavy (non-hydrogen) atoms. The summed E-state index contributed by atoms with van der Waals surface area (Å²) in [4.78, 5) is 3.81. The van der Waals surface area contributed by atoms with Gasteiger partial charge >= 0.3 is 0 Å². The highest BCUT2D eigenvalue weighted by atomic mass is 32.2. The molecule has 0 N–H and O–H groups in total. The SMILES string of the molecule is C=CN=C/C(=C\C)S(C)(=O)=O. The summed E-state index contributed by atoms with van der Waals surface area (Å²) >= 11 is 0. The van der Waals surface area contributed by atoms with E-state index in [1.807, 2.05) is 0 Å². The molecule has 0 aliphatic rings. The number of sulfone groups is 1. The molecule has 0 saturated carbocycles. The lowest BCUT2D eigenvalue weighted by molar-refractivity contribution is 0.609. The van der Waals surface area contributed by atoms with Gasteiger partial charge in [-0.25, -0.2) is 8.42 Å². The summed E-state index contributed by atoms with van der Waals surface area (Å²) in [6.07, 6.45) is 5.18. The summed E-state index contributed by atoms with van der Waals surface area (Å²) in [5.74, 6) is 0. The Morgan fingerprint density at radius 2 is 2.09 bits per heavy atom. The minimum Gasteiger partial charge on any atom is -0.264 e. The van der Waals surface area contributed by atoms with Crippen molar-refractivity contribution in [3.05, 3.63) is 23.8 Å². The van der Waals surface area contributed by atoms with Crippen LogP contribution >= 0.6 is 0 Å². The van der Waals surface area contributed by atoms with Crippen LogP contribution in [0, 0.1) is 0 Å². The molecule has 0 unspecified atom stereocenters. The van der Waals surface area contributed by atoms with E-state index in [1.54, 1.807) is 6.92 Å². The minimum atomic E-state index is -3.12. The van der Waals surface area contributed by atoms with Crippen LogP contribution in [0.2, 0.25) is 0 Å². The Morgan fingerprint density at radius 3 is 2.36 bits per heavy atom. The molecule has 0 aliphatic heterocycles. The Kier molecular flexibility index (Phi) is 3.74. The summed E-state index contributed by atoms with van der Waals surface area (Å²) in [5.41, 5.74) is 0. The fraction of sp³-hybridized carbons (Fsp3) is 0.286. The molecule has 0 aromatic rings. The van der Waals surface area contributed by atoms with Gasteiger partial charge in [-0.05, 0) is 6.92 Å². The Morgan fingerprint density at radius 1 is 1.55 bits per heavy atom. The first-order chi connectivity index (χ1) is 5.02. The van der Waals surface area contributed by atoms with E-state index in [0.717, 1.165) is 6.26 Å². The normalized spacial score (nSPS) is 13.8. The van der Waals surface area contributed by atoms with Gasteiger partial charge in [0.1, 0.15) is 0 Å². The molecule has 3 nitrogen and oxygen atoms in total. The molecule has 4 heteroatoms. The molecular formula is C7H11NO2S. The molecule has 0 spiro atoms. The summed E-state index contributed by atoms with van der Waals surface area (Å²) in [6, 6.07) is 0. The van der Waals surface area contributed by atoms with Crippen LogP contribution < -0.4 is 0 Å². The quantitative estimate of drug-likeness (QED) is 0.601. The van der Waals surface area contributed by atoms with E-state index in [0.29, 0.717) is 0 Å². The van der Waals surface area contributed by atoms with Crippen LogP contribution in [-0.4, -0.2) is 20.9 Å². The van der Waals surface area contributed by atoms with Gasteiger partial charge in [-0.2, -0.15) is 0 Å². The topological polar surface area (TPSA) is 46.5 Å². The maximum absolute atomic E-state index is 10.9. The van der Waals surface area contributed by atoms with Gasteiger partial charge in [0.2, 0.25) is 0 Å². The lowest BCUT2D eigenvalue weighted by Gasteiger charge is -1.93. The van der Waals surface area contributed by atoms with Crippen LogP contribution in [0.5, 0.6) is 0 Å². The Hall–Kier alpha value is -0.900. The van der Waals surface area contributed by atoms with Gasteiger partial charge in [0.05, 0.1) is 4.91 Å². The highest BCUT2D eigenvalue weighted by Gasteiger charge is 2.05. The lowest BCUT2D eigenvalue weighted by atomic mass is 10.5. The van der Waals surface area contributed by atoms with E-state index >= 15 is 0 Å². The highest BCUT2D eigenvalue weighted by molar-refractivity contribution is 7.95. The minimum absolute atomic E-state index is 0.206. The van der Waals surface area contributed by atoms with Crippen molar-refractivity contribution < 1.29 is 8.42 Å². The average Bonchev–Trinajstić information content (AvgIpc) is 1.87. The van der Waals surface area contributed by atoms with Crippen LogP contribution in [0.25, 0.3) is 0 Å². The number of hydrogen-bond donors (Lipinski definition) is 0. The van der Waals surface area contributed by atoms with Crippen molar-refractivity contribution in [1.82, 2.24) is 0 Å².